The average Bonchev–Trinajstić information content (AvgIpc) is 2.89. The second-order valence-corrected chi connectivity index (χ2v) is 10.0. The molecule has 0 aliphatic heterocycles. The molecule has 1 aliphatic rings. The lowest BCUT2D eigenvalue weighted by Gasteiger charge is -2.26. The van der Waals surface area contributed by atoms with Crippen LogP contribution in [-0.2, 0) is 11.3 Å². The monoisotopic (exact) mass is 565 g/mol. The van der Waals surface area contributed by atoms with Crippen LogP contribution in [0.2, 0.25) is 0 Å². The number of carbonyl (C=O) groups excluding carboxylic acids is 1. The fraction of sp³-hybridized carbons (Fsp3) is 0.310. The van der Waals surface area contributed by atoms with Crippen molar-refractivity contribution in [3.63, 3.8) is 0 Å². The third-order valence-electron chi connectivity index (χ3n) is 6.18. The number of benzene rings is 3. The fourth-order valence-corrected chi connectivity index (χ4v) is 4.66. The van der Waals surface area contributed by atoms with Gasteiger partial charge in [0.05, 0.1) is 6.61 Å². The maximum Gasteiger partial charge on any atom is 0.251 e. The van der Waals surface area contributed by atoms with E-state index in [1.165, 1.54) is 0 Å². The maximum absolute atomic E-state index is 13.2. The Morgan fingerprint density at radius 1 is 0.973 bits per heavy atom. The molecule has 7 nitrogen and oxygen atoms in total. The smallest absolute Gasteiger partial charge is 0.251 e. The van der Waals surface area contributed by atoms with Gasteiger partial charge in [-0.25, -0.2) is 0 Å². The summed E-state index contributed by atoms with van der Waals surface area (Å²) in [5.74, 6) is 1.53. The molecule has 37 heavy (non-hydrogen) atoms. The summed E-state index contributed by atoms with van der Waals surface area (Å²) in [4.78, 5) is 13.2. The first kappa shape index (κ1) is 26.7. The largest absolute Gasteiger partial charge is 0.489 e. The van der Waals surface area contributed by atoms with E-state index >= 15 is 0 Å². The molecular formula is C29H32BrN3O4. The van der Waals surface area contributed by atoms with Crippen molar-refractivity contribution in [3.8, 4) is 17.2 Å². The molecule has 0 unspecified atom stereocenters. The molecule has 1 fully saturated rings. The number of amides is 1. The molecule has 1 aliphatic carbocycles. The first-order chi connectivity index (χ1) is 17.9. The van der Waals surface area contributed by atoms with E-state index in [9.17, 15) is 4.79 Å². The summed E-state index contributed by atoms with van der Waals surface area (Å²) in [5, 5.41) is 11.1. The molecule has 0 heterocycles. The van der Waals surface area contributed by atoms with Crippen molar-refractivity contribution in [1.82, 2.24) is 5.32 Å². The lowest BCUT2D eigenvalue weighted by atomic mass is 9.91. The molecule has 0 atom stereocenters. The Kier molecular flexibility index (Phi) is 9.19. The van der Waals surface area contributed by atoms with Crippen molar-refractivity contribution in [1.29, 1.82) is 5.41 Å². The van der Waals surface area contributed by atoms with Crippen molar-refractivity contribution in [2.45, 2.75) is 51.3 Å². The molecule has 4 N–H and O–H groups in total. The van der Waals surface area contributed by atoms with Crippen LogP contribution in [0.1, 0.15) is 54.1 Å². The van der Waals surface area contributed by atoms with E-state index < -0.39 is 0 Å². The van der Waals surface area contributed by atoms with Gasteiger partial charge in [-0.1, -0.05) is 28.1 Å². The minimum absolute atomic E-state index is 0.108. The van der Waals surface area contributed by atoms with Gasteiger partial charge >= 0.3 is 0 Å². The van der Waals surface area contributed by atoms with Crippen molar-refractivity contribution in [3.05, 3.63) is 87.9 Å². The highest BCUT2D eigenvalue weighted by Crippen LogP contribution is 2.29. The van der Waals surface area contributed by atoms with Crippen LogP contribution < -0.4 is 20.5 Å². The first-order valence-electron chi connectivity index (χ1n) is 12.5. The molecule has 0 bridgehead atoms. The van der Waals surface area contributed by atoms with E-state index in [1.54, 1.807) is 42.5 Å². The van der Waals surface area contributed by atoms with Gasteiger partial charge in [0.15, 0.2) is 0 Å². The van der Waals surface area contributed by atoms with Crippen LogP contribution in [0.4, 0.5) is 0 Å². The minimum Gasteiger partial charge on any atom is -0.489 e. The predicted molar refractivity (Wildman–Crippen MR) is 148 cm³/mol. The van der Waals surface area contributed by atoms with Crippen LogP contribution in [0.5, 0.6) is 17.2 Å². The Labute approximate surface area is 225 Å². The lowest BCUT2D eigenvalue weighted by molar-refractivity contribution is 0.0925. The number of carbonyl (C=O) groups is 1. The molecule has 0 aromatic heterocycles. The Bertz CT molecular complexity index is 1220. The Morgan fingerprint density at radius 2 is 1.70 bits per heavy atom. The molecule has 1 saturated carbocycles. The molecule has 3 aromatic carbocycles. The summed E-state index contributed by atoms with van der Waals surface area (Å²) < 4.78 is 18.4. The van der Waals surface area contributed by atoms with Gasteiger partial charge in [-0.15, -0.1) is 0 Å². The third-order valence-corrected chi connectivity index (χ3v) is 6.68. The molecule has 0 radical (unpaired) electrons. The predicted octanol–water partition coefficient (Wildman–Crippen LogP) is 6.18. The van der Waals surface area contributed by atoms with Crippen LogP contribution >= 0.6 is 15.9 Å². The highest BCUT2D eigenvalue weighted by molar-refractivity contribution is 9.10. The van der Waals surface area contributed by atoms with E-state index in [4.69, 9.17) is 25.4 Å². The van der Waals surface area contributed by atoms with E-state index in [0.717, 1.165) is 35.7 Å². The summed E-state index contributed by atoms with van der Waals surface area (Å²) in [6.45, 7) is 2.62. The standard InChI is InChI=1S/C29H32BrN3O4/c1-2-35-28(32)20-6-12-25(13-7-20)37-27-16-21(29(34)33-24-10-8-23(31)9-11-24)15-26(17-27)36-18-19-4-3-5-22(30)14-19/h3-7,12-17,23-24,32H,2,8-11,18,31H2,1H3,(H,33,34). The molecule has 4 rings (SSSR count). The number of nitrogens with two attached hydrogens (primary N) is 1. The Hall–Kier alpha value is -3.36. The maximum atomic E-state index is 13.2. The second-order valence-electron chi connectivity index (χ2n) is 9.09. The van der Waals surface area contributed by atoms with Crippen LogP contribution in [0.15, 0.2) is 71.2 Å². The van der Waals surface area contributed by atoms with Crippen LogP contribution in [0, 0.1) is 5.41 Å². The lowest BCUT2D eigenvalue weighted by Crippen LogP contribution is -2.40. The van der Waals surface area contributed by atoms with E-state index in [1.807, 2.05) is 31.2 Å². The van der Waals surface area contributed by atoms with Gasteiger partial charge in [-0.3, -0.25) is 10.2 Å². The summed E-state index contributed by atoms with van der Waals surface area (Å²) >= 11 is 3.48. The second kappa shape index (κ2) is 12.7. The van der Waals surface area contributed by atoms with Gasteiger partial charge < -0.3 is 25.3 Å². The summed E-state index contributed by atoms with van der Waals surface area (Å²) in [6, 6.07) is 20.5. The number of rotatable bonds is 9. The number of hydrogen-bond acceptors (Lipinski definition) is 6. The van der Waals surface area contributed by atoms with Gasteiger partial charge in [0.1, 0.15) is 23.9 Å². The van der Waals surface area contributed by atoms with Gasteiger partial charge in [-0.2, -0.15) is 0 Å². The normalized spacial score (nSPS) is 17.1. The van der Waals surface area contributed by atoms with Crippen molar-refractivity contribution >= 4 is 27.7 Å². The topological polar surface area (TPSA) is 107 Å². The summed E-state index contributed by atoms with van der Waals surface area (Å²) in [6.07, 6.45) is 3.56. The highest BCUT2D eigenvalue weighted by atomic mass is 79.9. The number of hydrogen-bond donors (Lipinski definition) is 3. The zero-order chi connectivity index (χ0) is 26.2. The molecule has 8 heteroatoms. The zero-order valence-corrected chi connectivity index (χ0v) is 22.4. The zero-order valence-electron chi connectivity index (χ0n) is 20.8. The summed E-state index contributed by atoms with van der Waals surface area (Å²) in [7, 11) is 0. The number of nitrogens with one attached hydrogen (secondary N) is 2. The Balaban J connectivity index is 1.52. The fourth-order valence-electron chi connectivity index (χ4n) is 4.21. The van der Waals surface area contributed by atoms with Gasteiger partial charge in [0.25, 0.3) is 5.91 Å². The molecule has 3 aromatic rings. The SMILES string of the molecule is CCOC(=N)c1ccc(Oc2cc(OCc3cccc(Br)c3)cc(C(=O)NC3CCC(N)CC3)c2)cc1. The van der Waals surface area contributed by atoms with Crippen molar-refractivity contribution < 1.29 is 19.0 Å². The third kappa shape index (κ3) is 7.81. The highest BCUT2D eigenvalue weighted by Gasteiger charge is 2.21. The van der Waals surface area contributed by atoms with Gasteiger partial charge in [0, 0.05) is 33.7 Å². The first-order valence-corrected chi connectivity index (χ1v) is 13.3. The number of halogens is 1. The Morgan fingerprint density at radius 3 is 2.41 bits per heavy atom. The molecular weight excluding hydrogens is 534 g/mol. The van der Waals surface area contributed by atoms with E-state index in [-0.39, 0.29) is 23.9 Å². The quantitative estimate of drug-likeness (QED) is 0.212. The van der Waals surface area contributed by atoms with Crippen LogP contribution in [-0.4, -0.2) is 30.5 Å². The molecule has 0 saturated heterocycles. The summed E-state index contributed by atoms with van der Waals surface area (Å²) in [5.41, 5.74) is 8.14. The minimum atomic E-state index is -0.168. The molecule has 1 amide bonds. The van der Waals surface area contributed by atoms with Gasteiger partial charge in [-0.05, 0) is 86.7 Å². The number of ether oxygens (including phenoxy) is 3. The van der Waals surface area contributed by atoms with Crippen LogP contribution in [0.3, 0.4) is 0 Å². The average molecular weight is 566 g/mol. The van der Waals surface area contributed by atoms with Gasteiger partial charge in [0.2, 0.25) is 5.90 Å². The van der Waals surface area contributed by atoms with E-state index in [0.29, 0.717) is 41.6 Å². The van der Waals surface area contributed by atoms with Crippen LogP contribution in [0.25, 0.3) is 0 Å². The molecule has 0 spiro atoms. The van der Waals surface area contributed by atoms with E-state index in [2.05, 4.69) is 21.2 Å². The molecule has 194 valence electrons. The van der Waals surface area contributed by atoms with Crippen molar-refractivity contribution in [2.24, 2.45) is 5.73 Å². The van der Waals surface area contributed by atoms with Crippen molar-refractivity contribution in [2.75, 3.05) is 6.61 Å².